The van der Waals surface area contributed by atoms with Gasteiger partial charge in [0.25, 0.3) is 0 Å². The molecule has 5 atom stereocenters. The molecular weight excluding hydrogens is 362 g/mol. The van der Waals surface area contributed by atoms with Crippen molar-refractivity contribution >= 4 is 17.0 Å². The predicted molar refractivity (Wildman–Crippen MR) is 101 cm³/mol. The fraction of sp³-hybridized carbons (Fsp3) is 0.421. The molecule has 9 heteroatoms. The van der Waals surface area contributed by atoms with Crippen molar-refractivity contribution in [2.45, 2.75) is 43.9 Å². The van der Waals surface area contributed by atoms with Crippen LogP contribution in [0.4, 0.5) is 5.82 Å². The minimum absolute atomic E-state index is 0.0540. The van der Waals surface area contributed by atoms with E-state index < -0.39 is 31.1 Å². The van der Waals surface area contributed by atoms with Gasteiger partial charge in [-0.2, -0.15) is 0 Å². The second-order valence-corrected chi connectivity index (χ2v) is 6.79. The Bertz CT molecular complexity index is 934. The molecule has 0 unspecified atom stereocenters. The first-order valence-electron chi connectivity index (χ1n) is 9.25. The summed E-state index contributed by atoms with van der Waals surface area (Å²) in [5.74, 6) is 0.575. The molecule has 0 aliphatic carbocycles. The number of fused-ring (bicyclic) bond motifs is 1. The van der Waals surface area contributed by atoms with Gasteiger partial charge in [0.1, 0.15) is 24.6 Å². The van der Waals surface area contributed by atoms with E-state index in [-0.39, 0.29) is 6.04 Å². The van der Waals surface area contributed by atoms with Crippen LogP contribution in [0, 0.1) is 0 Å². The number of hydrogen-bond donors (Lipinski definition) is 4. The number of imidazole rings is 1. The summed E-state index contributed by atoms with van der Waals surface area (Å²) in [6.45, 7) is 1.69. The lowest BCUT2D eigenvalue weighted by Crippen LogP contribution is -2.33. The van der Waals surface area contributed by atoms with Crippen LogP contribution in [0.15, 0.2) is 43.0 Å². The van der Waals surface area contributed by atoms with Crippen molar-refractivity contribution in [1.29, 1.82) is 0 Å². The molecule has 2 aromatic heterocycles. The first-order chi connectivity index (χ1) is 13.6. The van der Waals surface area contributed by atoms with E-state index in [9.17, 15) is 15.3 Å². The summed E-state index contributed by atoms with van der Waals surface area (Å²) < 4.78 is 7.14. The molecule has 1 saturated heterocycles. The Morgan fingerprint density at radius 3 is 2.61 bits per heavy atom. The van der Waals surface area contributed by atoms with E-state index in [1.54, 1.807) is 4.57 Å². The first-order valence-corrected chi connectivity index (χ1v) is 9.25. The fourth-order valence-corrected chi connectivity index (χ4v) is 3.53. The Hall–Kier alpha value is -2.59. The Kier molecular flexibility index (Phi) is 5.23. The third kappa shape index (κ3) is 3.22. The second-order valence-electron chi connectivity index (χ2n) is 6.79. The summed E-state index contributed by atoms with van der Waals surface area (Å²) in [7, 11) is 0. The van der Waals surface area contributed by atoms with Crippen LogP contribution in [-0.4, -0.2) is 59.8 Å². The maximum atomic E-state index is 10.3. The van der Waals surface area contributed by atoms with Crippen LogP contribution >= 0.6 is 0 Å². The number of nitrogens with one attached hydrogen (secondary N) is 1. The van der Waals surface area contributed by atoms with Crippen molar-refractivity contribution in [2.75, 3.05) is 11.9 Å². The minimum Gasteiger partial charge on any atom is -0.394 e. The first kappa shape index (κ1) is 18.8. The Balaban J connectivity index is 1.66. The van der Waals surface area contributed by atoms with Crippen molar-refractivity contribution in [2.24, 2.45) is 0 Å². The molecule has 4 rings (SSSR count). The molecule has 0 bridgehead atoms. The van der Waals surface area contributed by atoms with E-state index in [0.29, 0.717) is 17.0 Å². The molecule has 148 valence electrons. The van der Waals surface area contributed by atoms with Crippen LogP contribution < -0.4 is 5.32 Å². The third-order valence-electron chi connectivity index (χ3n) is 5.07. The summed E-state index contributed by atoms with van der Waals surface area (Å²) in [5, 5.41) is 33.0. The average molecular weight is 385 g/mol. The van der Waals surface area contributed by atoms with Crippen molar-refractivity contribution in [3.63, 3.8) is 0 Å². The molecule has 0 saturated carbocycles. The highest BCUT2D eigenvalue weighted by Crippen LogP contribution is 2.32. The van der Waals surface area contributed by atoms with Gasteiger partial charge in [0.2, 0.25) is 0 Å². The van der Waals surface area contributed by atoms with E-state index in [1.807, 2.05) is 18.2 Å². The highest BCUT2D eigenvalue weighted by atomic mass is 16.6. The number of benzene rings is 1. The molecule has 28 heavy (non-hydrogen) atoms. The molecule has 3 aromatic rings. The maximum absolute atomic E-state index is 10.3. The average Bonchev–Trinajstić information content (AvgIpc) is 3.28. The minimum atomic E-state index is -1.20. The van der Waals surface area contributed by atoms with Crippen molar-refractivity contribution < 1.29 is 20.1 Å². The molecule has 1 aromatic carbocycles. The van der Waals surface area contributed by atoms with E-state index in [2.05, 4.69) is 39.3 Å². The van der Waals surface area contributed by atoms with E-state index in [0.717, 1.165) is 12.0 Å². The van der Waals surface area contributed by atoms with Crippen molar-refractivity contribution in [3.05, 3.63) is 48.5 Å². The van der Waals surface area contributed by atoms with Gasteiger partial charge in [-0.25, -0.2) is 15.0 Å². The maximum Gasteiger partial charge on any atom is 0.167 e. The SMILES string of the molecule is CC[C@H](Nc1ncnc2c1ncn2[C@@H]1O[C@H](CO)[C@H](O)[C@@H]1O)c1ccccc1. The van der Waals surface area contributed by atoms with Gasteiger partial charge < -0.3 is 25.4 Å². The summed E-state index contributed by atoms with van der Waals surface area (Å²) in [6.07, 6.45) is -0.375. The number of hydrogen-bond acceptors (Lipinski definition) is 8. The standard InChI is InChI=1S/C19H23N5O4/c1-2-12(11-6-4-3-5-7-11)23-17-14-18(21-9-20-17)24(10-22-14)19-16(27)15(26)13(8-25)28-19/h3-7,9-10,12-13,15-16,19,25-27H,2,8H2,1H3,(H,20,21,23)/t12-,13+,15-,16-,19+/m0/s1. The molecule has 4 N–H and O–H groups in total. The lowest BCUT2D eigenvalue weighted by atomic mass is 10.0. The van der Waals surface area contributed by atoms with Crippen LogP contribution in [0.3, 0.4) is 0 Å². The zero-order chi connectivity index (χ0) is 19.7. The van der Waals surface area contributed by atoms with Gasteiger partial charge in [-0.15, -0.1) is 0 Å². The quantitative estimate of drug-likeness (QED) is 0.495. The lowest BCUT2D eigenvalue weighted by molar-refractivity contribution is -0.0511. The molecule has 0 amide bonds. The zero-order valence-electron chi connectivity index (χ0n) is 15.4. The van der Waals surface area contributed by atoms with Gasteiger partial charge >= 0.3 is 0 Å². The van der Waals surface area contributed by atoms with Crippen LogP contribution in [0.25, 0.3) is 11.2 Å². The number of aliphatic hydroxyl groups is 3. The van der Waals surface area contributed by atoms with Crippen LogP contribution in [0.2, 0.25) is 0 Å². The van der Waals surface area contributed by atoms with Crippen molar-refractivity contribution in [3.8, 4) is 0 Å². The zero-order valence-corrected chi connectivity index (χ0v) is 15.4. The van der Waals surface area contributed by atoms with Gasteiger partial charge in [-0.05, 0) is 12.0 Å². The molecule has 0 spiro atoms. The summed E-state index contributed by atoms with van der Waals surface area (Å²) in [4.78, 5) is 13.0. The summed E-state index contributed by atoms with van der Waals surface area (Å²) in [6, 6.07) is 10.1. The molecule has 0 radical (unpaired) electrons. The lowest BCUT2D eigenvalue weighted by Gasteiger charge is -2.19. The largest absolute Gasteiger partial charge is 0.394 e. The van der Waals surface area contributed by atoms with Crippen LogP contribution in [0.1, 0.15) is 31.2 Å². The number of nitrogens with zero attached hydrogens (tertiary/aromatic N) is 4. The van der Waals surface area contributed by atoms with Crippen molar-refractivity contribution in [1.82, 2.24) is 19.5 Å². The van der Waals surface area contributed by atoms with Gasteiger partial charge in [0.05, 0.1) is 19.0 Å². The van der Waals surface area contributed by atoms with Crippen LogP contribution in [0.5, 0.6) is 0 Å². The van der Waals surface area contributed by atoms with Crippen LogP contribution in [-0.2, 0) is 4.74 Å². The number of aromatic nitrogens is 4. The number of rotatable bonds is 6. The second kappa shape index (κ2) is 7.80. The number of ether oxygens (including phenoxy) is 1. The van der Waals surface area contributed by atoms with E-state index >= 15 is 0 Å². The summed E-state index contributed by atoms with van der Waals surface area (Å²) in [5.41, 5.74) is 2.14. The normalized spacial score (nSPS) is 25.9. The van der Waals surface area contributed by atoms with Gasteiger partial charge in [-0.1, -0.05) is 37.3 Å². The molecule has 3 heterocycles. The Morgan fingerprint density at radius 2 is 1.93 bits per heavy atom. The topological polar surface area (TPSA) is 126 Å². The third-order valence-corrected chi connectivity index (χ3v) is 5.07. The fourth-order valence-electron chi connectivity index (χ4n) is 3.53. The van der Waals surface area contributed by atoms with Gasteiger partial charge in [-0.3, -0.25) is 4.57 Å². The van der Waals surface area contributed by atoms with E-state index in [1.165, 1.54) is 12.7 Å². The highest BCUT2D eigenvalue weighted by Gasteiger charge is 2.44. The van der Waals surface area contributed by atoms with Gasteiger partial charge in [0.15, 0.2) is 23.2 Å². The smallest absolute Gasteiger partial charge is 0.167 e. The predicted octanol–water partition coefficient (Wildman–Crippen LogP) is 1.00. The molecule has 1 aliphatic rings. The van der Waals surface area contributed by atoms with Gasteiger partial charge in [0, 0.05) is 0 Å². The molecule has 1 fully saturated rings. The highest BCUT2D eigenvalue weighted by molar-refractivity contribution is 5.83. The molecular formula is C19H23N5O4. The number of aliphatic hydroxyl groups excluding tert-OH is 3. The molecule has 9 nitrogen and oxygen atoms in total. The summed E-state index contributed by atoms with van der Waals surface area (Å²) >= 11 is 0. The monoisotopic (exact) mass is 385 g/mol. The van der Waals surface area contributed by atoms with E-state index in [4.69, 9.17) is 4.74 Å². The number of anilines is 1. The Labute approximate surface area is 161 Å². The molecule has 1 aliphatic heterocycles. The Morgan fingerprint density at radius 1 is 1.14 bits per heavy atom.